The number of halogens is 2. The molecule has 0 aliphatic rings. The van der Waals surface area contributed by atoms with Crippen molar-refractivity contribution in [1.82, 2.24) is 4.98 Å². The molecule has 0 fully saturated rings. The van der Waals surface area contributed by atoms with Crippen LogP contribution in [0.4, 0.5) is 8.78 Å². The summed E-state index contributed by atoms with van der Waals surface area (Å²) in [6.07, 6.45) is -1.36. The molecule has 2 N–H and O–H groups in total. The highest BCUT2D eigenvalue weighted by atomic mass is 19.3. The quantitative estimate of drug-likeness (QED) is 0.799. The summed E-state index contributed by atoms with van der Waals surface area (Å²) in [4.78, 5) is 3.85. The second-order valence-electron chi connectivity index (χ2n) is 2.71. The van der Waals surface area contributed by atoms with Gasteiger partial charge in [-0.05, 0) is 11.6 Å². The van der Waals surface area contributed by atoms with Gasteiger partial charge in [-0.15, -0.1) is 0 Å². The van der Waals surface area contributed by atoms with E-state index in [4.69, 9.17) is 11.0 Å². The first-order chi connectivity index (χ1) is 6.69. The molecule has 0 aromatic carbocycles. The fourth-order valence-electron chi connectivity index (χ4n) is 1.09. The second kappa shape index (κ2) is 4.63. The SMILES string of the molecule is N#CCc1cnc(CN)cc1C(F)F. The molecular weight excluding hydrogens is 188 g/mol. The van der Waals surface area contributed by atoms with Crippen molar-refractivity contribution < 1.29 is 8.78 Å². The Morgan fingerprint density at radius 2 is 2.29 bits per heavy atom. The topological polar surface area (TPSA) is 62.7 Å². The Morgan fingerprint density at radius 1 is 1.57 bits per heavy atom. The van der Waals surface area contributed by atoms with E-state index in [1.54, 1.807) is 0 Å². The zero-order valence-corrected chi connectivity index (χ0v) is 7.37. The van der Waals surface area contributed by atoms with Crippen LogP contribution in [0.1, 0.15) is 23.2 Å². The van der Waals surface area contributed by atoms with Crippen molar-refractivity contribution >= 4 is 0 Å². The molecule has 0 saturated heterocycles. The summed E-state index contributed by atoms with van der Waals surface area (Å²) in [5.74, 6) is 0. The van der Waals surface area contributed by atoms with Crippen molar-refractivity contribution in [2.75, 3.05) is 0 Å². The number of nitriles is 1. The zero-order valence-electron chi connectivity index (χ0n) is 7.37. The summed E-state index contributed by atoms with van der Waals surface area (Å²) >= 11 is 0. The van der Waals surface area contributed by atoms with E-state index in [0.717, 1.165) is 0 Å². The van der Waals surface area contributed by atoms with Crippen LogP contribution in [0.25, 0.3) is 0 Å². The molecule has 0 saturated carbocycles. The normalized spacial score (nSPS) is 10.2. The number of aromatic nitrogens is 1. The van der Waals surface area contributed by atoms with Gasteiger partial charge in [-0.25, -0.2) is 8.78 Å². The van der Waals surface area contributed by atoms with Crippen LogP contribution in [-0.4, -0.2) is 4.98 Å². The lowest BCUT2D eigenvalue weighted by Gasteiger charge is -2.06. The summed E-state index contributed by atoms with van der Waals surface area (Å²) in [6, 6.07) is 3.06. The third-order valence-electron chi connectivity index (χ3n) is 1.79. The zero-order chi connectivity index (χ0) is 10.6. The molecule has 0 aliphatic carbocycles. The Balaban J connectivity index is 3.11. The van der Waals surface area contributed by atoms with E-state index in [-0.39, 0.29) is 24.1 Å². The van der Waals surface area contributed by atoms with E-state index in [1.165, 1.54) is 12.3 Å². The Labute approximate surface area is 80.2 Å². The van der Waals surface area contributed by atoms with Crippen LogP contribution in [0.3, 0.4) is 0 Å². The molecule has 0 bridgehead atoms. The molecule has 0 atom stereocenters. The smallest absolute Gasteiger partial charge is 0.264 e. The van der Waals surface area contributed by atoms with Crippen molar-refractivity contribution in [1.29, 1.82) is 5.26 Å². The molecule has 0 spiro atoms. The maximum absolute atomic E-state index is 12.5. The molecule has 5 heteroatoms. The van der Waals surface area contributed by atoms with Crippen LogP contribution in [-0.2, 0) is 13.0 Å². The summed E-state index contributed by atoms with van der Waals surface area (Å²) in [5.41, 5.74) is 5.79. The Hall–Kier alpha value is -1.54. The molecule has 0 aliphatic heterocycles. The van der Waals surface area contributed by atoms with E-state index < -0.39 is 6.43 Å². The van der Waals surface area contributed by atoms with Crippen molar-refractivity contribution in [2.24, 2.45) is 5.73 Å². The first kappa shape index (κ1) is 10.5. The lowest BCUT2D eigenvalue weighted by Crippen LogP contribution is -2.03. The van der Waals surface area contributed by atoms with Crippen molar-refractivity contribution in [3.8, 4) is 6.07 Å². The molecule has 0 radical (unpaired) electrons. The fourth-order valence-corrected chi connectivity index (χ4v) is 1.09. The molecule has 74 valence electrons. The van der Waals surface area contributed by atoms with Gasteiger partial charge in [0.05, 0.1) is 18.2 Å². The van der Waals surface area contributed by atoms with Crippen molar-refractivity contribution in [2.45, 2.75) is 19.4 Å². The fraction of sp³-hybridized carbons (Fsp3) is 0.333. The van der Waals surface area contributed by atoms with E-state index in [2.05, 4.69) is 4.98 Å². The number of alkyl halides is 2. The van der Waals surface area contributed by atoms with Gasteiger partial charge in [0.2, 0.25) is 0 Å². The van der Waals surface area contributed by atoms with E-state index in [1.807, 2.05) is 6.07 Å². The standard InChI is InChI=1S/C9H9F2N3/c10-9(11)8-3-7(4-13)14-5-6(8)1-2-12/h3,5,9H,1,4,13H2. The Bertz CT molecular complexity index is 358. The number of nitrogens with zero attached hydrogens (tertiary/aromatic N) is 2. The van der Waals surface area contributed by atoms with E-state index >= 15 is 0 Å². The first-order valence-corrected chi connectivity index (χ1v) is 4.02. The van der Waals surface area contributed by atoms with Crippen molar-refractivity contribution in [3.05, 3.63) is 29.1 Å². The molecule has 0 unspecified atom stereocenters. The average molecular weight is 197 g/mol. The first-order valence-electron chi connectivity index (χ1n) is 4.02. The molecule has 0 amide bonds. The van der Waals surface area contributed by atoms with Crippen LogP contribution >= 0.6 is 0 Å². The predicted molar refractivity (Wildman–Crippen MR) is 46.4 cm³/mol. The van der Waals surface area contributed by atoms with Crippen molar-refractivity contribution in [3.63, 3.8) is 0 Å². The van der Waals surface area contributed by atoms with Crippen LogP contribution in [0.5, 0.6) is 0 Å². The van der Waals surface area contributed by atoms with Crippen LogP contribution in [0, 0.1) is 11.3 Å². The van der Waals surface area contributed by atoms with Gasteiger partial charge in [-0.3, -0.25) is 4.98 Å². The summed E-state index contributed by atoms with van der Waals surface area (Å²) < 4.78 is 25.0. The van der Waals surface area contributed by atoms with Gasteiger partial charge in [-0.2, -0.15) is 5.26 Å². The number of rotatable bonds is 3. The maximum Gasteiger partial charge on any atom is 0.264 e. The second-order valence-corrected chi connectivity index (χ2v) is 2.71. The highest BCUT2D eigenvalue weighted by molar-refractivity contribution is 5.29. The van der Waals surface area contributed by atoms with Gasteiger partial charge in [0, 0.05) is 18.3 Å². The van der Waals surface area contributed by atoms with Crippen LogP contribution < -0.4 is 5.73 Å². The number of pyridine rings is 1. The van der Waals surface area contributed by atoms with Gasteiger partial charge in [-0.1, -0.05) is 0 Å². The molecule has 3 nitrogen and oxygen atoms in total. The van der Waals surface area contributed by atoms with E-state index in [0.29, 0.717) is 5.69 Å². The molecule has 1 heterocycles. The largest absolute Gasteiger partial charge is 0.325 e. The Morgan fingerprint density at radius 3 is 2.79 bits per heavy atom. The highest BCUT2D eigenvalue weighted by Gasteiger charge is 2.13. The van der Waals surface area contributed by atoms with Gasteiger partial charge < -0.3 is 5.73 Å². The number of hydrogen-bond acceptors (Lipinski definition) is 3. The molecular formula is C9H9F2N3. The minimum Gasteiger partial charge on any atom is -0.325 e. The minimum atomic E-state index is -2.59. The third-order valence-corrected chi connectivity index (χ3v) is 1.79. The van der Waals surface area contributed by atoms with Gasteiger partial charge in [0.15, 0.2) is 0 Å². The average Bonchev–Trinajstić information content (AvgIpc) is 2.18. The lowest BCUT2D eigenvalue weighted by atomic mass is 10.1. The molecule has 1 rings (SSSR count). The van der Waals surface area contributed by atoms with Crippen LogP contribution in [0.2, 0.25) is 0 Å². The number of nitrogens with two attached hydrogens (primary N) is 1. The molecule has 14 heavy (non-hydrogen) atoms. The highest BCUT2D eigenvalue weighted by Crippen LogP contribution is 2.23. The van der Waals surface area contributed by atoms with E-state index in [9.17, 15) is 8.78 Å². The summed E-state index contributed by atoms with van der Waals surface area (Å²) in [7, 11) is 0. The predicted octanol–water partition coefficient (Wildman–Crippen LogP) is 1.54. The minimum absolute atomic E-state index is 0.0580. The maximum atomic E-state index is 12.5. The van der Waals surface area contributed by atoms with Gasteiger partial charge in [0.1, 0.15) is 0 Å². The molecule has 1 aromatic rings. The third kappa shape index (κ3) is 2.24. The summed E-state index contributed by atoms with van der Waals surface area (Å²) in [5, 5.41) is 8.41. The van der Waals surface area contributed by atoms with Gasteiger partial charge in [0.25, 0.3) is 6.43 Å². The molecule has 1 aromatic heterocycles. The lowest BCUT2D eigenvalue weighted by molar-refractivity contribution is 0.150. The monoisotopic (exact) mass is 197 g/mol. The van der Waals surface area contributed by atoms with Gasteiger partial charge >= 0.3 is 0 Å². The Kier molecular flexibility index (Phi) is 3.48. The summed E-state index contributed by atoms with van der Waals surface area (Å²) in [6.45, 7) is 0.118. The number of hydrogen-bond donors (Lipinski definition) is 1. The van der Waals surface area contributed by atoms with Crippen LogP contribution in [0.15, 0.2) is 12.3 Å².